The first-order valence-electron chi connectivity index (χ1n) is 12.1. The molecule has 1 aliphatic rings. The van der Waals surface area contributed by atoms with Crippen molar-refractivity contribution in [2.45, 2.75) is 63.3 Å². The van der Waals surface area contributed by atoms with Crippen LogP contribution in [-0.4, -0.2) is 29.8 Å². The van der Waals surface area contributed by atoms with Gasteiger partial charge in [0.05, 0.1) is 35.0 Å². The standard InChI is InChI=1S/C25H25F9N4O3/c1-3-16-11-18(17-10-13(23(26,27)28)5-6-19(17)38(16)22(39)41-4-2)36-20(21(35)37-40)12-7-14(24(29,30)31)9-15(8-12)25(32,33)34/h5-10,16,18,20,36,40H,3-4,11H2,1-2H3,(H2,35,37)/t16-,18+,20?/m1/s1. The van der Waals surface area contributed by atoms with E-state index in [-0.39, 0.29) is 36.8 Å². The number of nitrogens with zero attached hydrogens (tertiary/aromatic N) is 2. The third kappa shape index (κ3) is 6.97. The Hall–Kier alpha value is -3.69. The molecule has 0 bridgehead atoms. The second-order valence-electron chi connectivity index (χ2n) is 9.15. The maximum atomic E-state index is 13.6. The highest BCUT2D eigenvalue weighted by Crippen LogP contribution is 2.44. The summed E-state index contributed by atoms with van der Waals surface area (Å²) in [6.45, 7) is 3.13. The van der Waals surface area contributed by atoms with Crippen LogP contribution in [0.5, 0.6) is 0 Å². The maximum absolute atomic E-state index is 13.6. The number of oxime groups is 1. The molecule has 0 fully saturated rings. The van der Waals surface area contributed by atoms with Crippen molar-refractivity contribution >= 4 is 17.6 Å². The van der Waals surface area contributed by atoms with Gasteiger partial charge in [-0.15, -0.1) is 0 Å². The molecule has 226 valence electrons. The molecule has 3 atom stereocenters. The molecule has 1 heterocycles. The van der Waals surface area contributed by atoms with E-state index in [2.05, 4.69) is 10.5 Å². The van der Waals surface area contributed by atoms with E-state index < -0.39 is 70.8 Å². The van der Waals surface area contributed by atoms with Gasteiger partial charge in [0.15, 0.2) is 5.84 Å². The molecule has 0 spiro atoms. The van der Waals surface area contributed by atoms with E-state index in [4.69, 9.17) is 10.5 Å². The monoisotopic (exact) mass is 600 g/mol. The van der Waals surface area contributed by atoms with Crippen LogP contribution >= 0.6 is 0 Å². The molecule has 0 saturated carbocycles. The lowest BCUT2D eigenvalue weighted by Crippen LogP contribution is -2.48. The van der Waals surface area contributed by atoms with Gasteiger partial charge in [-0.05, 0) is 67.3 Å². The van der Waals surface area contributed by atoms with Crippen LogP contribution in [0.1, 0.15) is 66.6 Å². The van der Waals surface area contributed by atoms with Crippen LogP contribution in [0.4, 0.5) is 50.0 Å². The number of hydrogen-bond donors (Lipinski definition) is 3. The predicted molar refractivity (Wildman–Crippen MR) is 128 cm³/mol. The zero-order valence-electron chi connectivity index (χ0n) is 21.5. The quantitative estimate of drug-likeness (QED) is 0.109. The molecular formula is C25H25F9N4O3. The molecule has 1 aliphatic heterocycles. The van der Waals surface area contributed by atoms with E-state index in [0.717, 1.165) is 17.0 Å². The largest absolute Gasteiger partial charge is 0.449 e. The molecule has 4 N–H and O–H groups in total. The molecule has 1 unspecified atom stereocenters. The summed E-state index contributed by atoms with van der Waals surface area (Å²) < 4.78 is 127. The lowest BCUT2D eigenvalue weighted by Gasteiger charge is -2.41. The second-order valence-corrected chi connectivity index (χ2v) is 9.15. The highest BCUT2D eigenvalue weighted by molar-refractivity contribution is 5.91. The average Bonchev–Trinajstić information content (AvgIpc) is 2.88. The predicted octanol–water partition coefficient (Wildman–Crippen LogP) is 7.01. The molecule has 2 aromatic rings. The summed E-state index contributed by atoms with van der Waals surface area (Å²) in [5, 5.41) is 14.7. The Bertz CT molecular complexity index is 1260. The minimum atomic E-state index is -5.21. The number of amidine groups is 1. The number of halogens is 9. The van der Waals surface area contributed by atoms with E-state index in [1.807, 2.05) is 0 Å². The Morgan fingerprint density at radius 2 is 1.56 bits per heavy atom. The Balaban J connectivity index is 2.22. The van der Waals surface area contributed by atoms with Gasteiger partial charge < -0.3 is 15.7 Å². The lowest BCUT2D eigenvalue weighted by atomic mass is 9.87. The van der Waals surface area contributed by atoms with E-state index >= 15 is 0 Å². The number of nitrogens with two attached hydrogens (primary N) is 1. The van der Waals surface area contributed by atoms with Crippen LogP contribution in [0.25, 0.3) is 0 Å². The minimum Gasteiger partial charge on any atom is -0.449 e. The first-order chi connectivity index (χ1) is 18.9. The number of rotatable bonds is 6. The number of ether oxygens (including phenoxy) is 1. The van der Waals surface area contributed by atoms with Crippen LogP contribution in [0.2, 0.25) is 0 Å². The number of benzene rings is 2. The van der Waals surface area contributed by atoms with E-state index in [9.17, 15) is 49.5 Å². The van der Waals surface area contributed by atoms with Crippen LogP contribution < -0.4 is 16.0 Å². The van der Waals surface area contributed by atoms with Gasteiger partial charge in [-0.2, -0.15) is 39.5 Å². The molecule has 0 aliphatic carbocycles. The lowest BCUT2D eigenvalue weighted by molar-refractivity contribution is -0.143. The summed E-state index contributed by atoms with van der Waals surface area (Å²) in [6.07, 6.45) is -16.0. The molecule has 7 nitrogen and oxygen atoms in total. The van der Waals surface area contributed by atoms with Crippen LogP contribution in [-0.2, 0) is 23.3 Å². The number of amides is 1. The summed E-state index contributed by atoms with van der Waals surface area (Å²) >= 11 is 0. The molecule has 0 aromatic heterocycles. The smallest absolute Gasteiger partial charge is 0.416 e. The van der Waals surface area contributed by atoms with Crippen molar-refractivity contribution in [2.75, 3.05) is 11.5 Å². The van der Waals surface area contributed by atoms with Crippen molar-refractivity contribution < 1.29 is 54.3 Å². The molecule has 16 heteroatoms. The fourth-order valence-electron chi connectivity index (χ4n) is 4.63. The van der Waals surface area contributed by atoms with Crippen molar-refractivity contribution in [2.24, 2.45) is 10.9 Å². The van der Waals surface area contributed by atoms with Gasteiger partial charge in [-0.25, -0.2) is 4.79 Å². The highest BCUT2D eigenvalue weighted by Gasteiger charge is 2.42. The van der Waals surface area contributed by atoms with E-state index in [1.54, 1.807) is 6.92 Å². The molecule has 0 saturated heterocycles. The summed E-state index contributed by atoms with van der Waals surface area (Å²) in [7, 11) is 0. The SMILES string of the molecule is CCOC(=O)N1c2ccc(C(F)(F)F)cc2[C@@H](NC(/C(N)=N/O)c2cc(C(F)(F)F)cc(C(F)(F)F)c2)C[C@H]1CC. The third-order valence-corrected chi connectivity index (χ3v) is 6.52. The molecule has 1 amide bonds. The molecule has 2 aromatic carbocycles. The van der Waals surface area contributed by atoms with Crippen molar-refractivity contribution in [3.05, 3.63) is 64.2 Å². The van der Waals surface area contributed by atoms with Crippen LogP contribution in [0.3, 0.4) is 0 Å². The van der Waals surface area contributed by atoms with Gasteiger partial charge in [0.25, 0.3) is 0 Å². The Kier molecular flexibility index (Phi) is 9.05. The van der Waals surface area contributed by atoms with Crippen molar-refractivity contribution in [1.82, 2.24) is 5.32 Å². The van der Waals surface area contributed by atoms with Gasteiger partial charge in [0.1, 0.15) is 0 Å². The summed E-state index contributed by atoms with van der Waals surface area (Å²) in [5.74, 6) is -0.855. The normalized spacial score (nSPS) is 19.1. The number of nitrogens with one attached hydrogen (secondary N) is 1. The number of carbonyl (C=O) groups is 1. The Morgan fingerprint density at radius 1 is 1.00 bits per heavy atom. The maximum Gasteiger partial charge on any atom is 0.416 e. The molecular weight excluding hydrogens is 575 g/mol. The molecule has 41 heavy (non-hydrogen) atoms. The number of anilines is 1. The van der Waals surface area contributed by atoms with Crippen molar-refractivity contribution in [1.29, 1.82) is 0 Å². The van der Waals surface area contributed by atoms with Crippen molar-refractivity contribution in [3.8, 4) is 0 Å². The van der Waals surface area contributed by atoms with Gasteiger partial charge in [0.2, 0.25) is 0 Å². The van der Waals surface area contributed by atoms with Crippen LogP contribution in [0.15, 0.2) is 41.6 Å². The van der Waals surface area contributed by atoms with Gasteiger partial charge in [-0.3, -0.25) is 10.2 Å². The summed E-state index contributed by atoms with van der Waals surface area (Å²) in [5.41, 5.74) is 0.327. The van der Waals surface area contributed by atoms with E-state index in [0.29, 0.717) is 18.2 Å². The zero-order valence-corrected chi connectivity index (χ0v) is 21.5. The number of alkyl halides is 9. The van der Waals surface area contributed by atoms with Crippen molar-refractivity contribution in [3.63, 3.8) is 0 Å². The topological polar surface area (TPSA) is 100 Å². The van der Waals surface area contributed by atoms with Gasteiger partial charge >= 0.3 is 24.6 Å². The number of fused-ring (bicyclic) bond motifs is 1. The summed E-state index contributed by atoms with van der Waals surface area (Å²) in [6, 6.07) is -0.661. The third-order valence-electron chi connectivity index (χ3n) is 6.52. The van der Waals surface area contributed by atoms with Gasteiger partial charge in [0, 0.05) is 12.1 Å². The first-order valence-corrected chi connectivity index (χ1v) is 12.1. The number of hydrogen-bond acceptors (Lipinski definition) is 5. The molecule has 3 rings (SSSR count). The van der Waals surface area contributed by atoms with Crippen LogP contribution in [0, 0.1) is 0 Å². The fraction of sp³-hybridized carbons (Fsp3) is 0.440. The first kappa shape index (κ1) is 31.8. The minimum absolute atomic E-state index is 0.0228. The highest BCUT2D eigenvalue weighted by atomic mass is 19.4. The summed E-state index contributed by atoms with van der Waals surface area (Å²) in [4.78, 5) is 13.9. The molecule has 0 radical (unpaired) electrons. The Morgan fingerprint density at radius 3 is 2.02 bits per heavy atom. The fourth-order valence-corrected chi connectivity index (χ4v) is 4.63. The zero-order chi connectivity index (χ0) is 30.9. The second kappa shape index (κ2) is 11.7. The Labute approximate surface area is 227 Å². The average molecular weight is 600 g/mol. The van der Waals surface area contributed by atoms with Gasteiger partial charge in [-0.1, -0.05) is 12.1 Å². The van der Waals surface area contributed by atoms with E-state index in [1.165, 1.54) is 6.92 Å². The number of carbonyl (C=O) groups excluding carboxylic acids is 1.